The van der Waals surface area contributed by atoms with Crippen LogP contribution in [0.2, 0.25) is 0 Å². The van der Waals surface area contributed by atoms with Gasteiger partial charge in [0.1, 0.15) is 0 Å². The average molecular weight is 180 g/mol. The van der Waals surface area contributed by atoms with E-state index >= 15 is 0 Å². The van der Waals surface area contributed by atoms with E-state index in [9.17, 15) is 0 Å². The second-order valence-electron chi connectivity index (χ2n) is 3.62. The van der Waals surface area contributed by atoms with Gasteiger partial charge in [0.2, 0.25) is 0 Å². The molecule has 0 aromatic carbocycles. The van der Waals surface area contributed by atoms with Crippen LogP contribution in [0.1, 0.15) is 30.7 Å². The minimum Gasteiger partial charge on any atom is -0.396 e. The number of rotatable bonds is 3. The molecule has 0 atom stereocenters. The van der Waals surface area contributed by atoms with Gasteiger partial charge in [-0.05, 0) is 32.1 Å². The van der Waals surface area contributed by atoms with E-state index in [2.05, 4.69) is 9.55 Å². The molecule has 13 heavy (non-hydrogen) atoms. The highest BCUT2D eigenvalue weighted by molar-refractivity contribution is 5.16. The first-order chi connectivity index (χ1) is 6.42. The Morgan fingerprint density at radius 2 is 2.23 bits per heavy atom. The second-order valence-corrected chi connectivity index (χ2v) is 3.62. The molecule has 3 nitrogen and oxygen atoms in total. The van der Waals surface area contributed by atoms with Gasteiger partial charge in [-0.15, -0.1) is 0 Å². The molecule has 3 heteroatoms. The Morgan fingerprint density at radius 3 is 3.08 bits per heavy atom. The normalized spacial score (nSPS) is 15.8. The maximum Gasteiger partial charge on any atom is 0.0951 e. The molecule has 1 N–H and O–H groups in total. The third-order valence-corrected chi connectivity index (χ3v) is 2.67. The molecule has 0 aliphatic heterocycles. The topological polar surface area (TPSA) is 38.0 Å². The highest BCUT2D eigenvalue weighted by atomic mass is 16.3. The maximum atomic E-state index is 8.74. The minimum absolute atomic E-state index is 0.271. The van der Waals surface area contributed by atoms with E-state index in [0.29, 0.717) is 0 Å². The van der Waals surface area contributed by atoms with Crippen molar-refractivity contribution in [2.75, 3.05) is 6.61 Å². The van der Waals surface area contributed by atoms with Gasteiger partial charge < -0.3 is 9.67 Å². The first-order valence-electron chi connectivity index (χ1n) is 5.05. The molecular weight excluding hydrogens is 164 g/mol. The van der Waals surface area contributed by atoms with Gasteiger partial charge in [-0.3, -0.25) is 0 Å². The van der Waals surface area contributed by atoms with Crippen molar-refractivity contribution >= 4 is 0 Å². The van der Waals surface area contributed by atoms with Crippen LogP contribution in [0.15, 0.2) is 6.33 Å². The molecule has 1 heterocycles. The summed E-state index contributed by atoms with van der Waals surface area (Å²) in [6.07, 6.45) is 7.64. The zero-order valence-corrected chi connectivity index (χ0v) is 7.87. The first-order valence-corrected chi connectivity index (χ1v) is 5.05. The van der Waals surface area contributed by atoms with Gasteiger partial charge in [0.15, 0.2) is 0 Å². The summed E-state index contributed by atoms with van der Waals surface area (Å²) in [5.41, 5.74) is 2.68. The molecular formula is C10H16N2O. The summed E-state index contributed by atoms with van der Waals surface area (Å²) in [5, 5.41) is 8.74. The first kappa shape index (κ1) is 8.75. The largest absolute Gasteiger partial charge is 0.396 e. The number of aryl methyl sites for hydroxylation is 2. The van der Waals surface area contributed by atoms with Crippen molar-refractivity contribution in [3.63, 3.8) is 0 Å². The summed E-state index contributed by atoms with van der Waals surface area (Å²) < 4.78 is 2.20. The molecule has 1 aliphatic carbocycles. The lowest BCUT2D eigenvalue weighted by atomic mass is 10.0. The number of aliphatic hydroxyl groups excluding tert-OH is 1. The van der Waals surface area contributed by atoms with Crippen LogP contribution >= 0.6 is 0 Å². The number of nitrogens with zero attached hydrogens (tertiary/aromatic N) is 2. The standard InChI is InChI=1S/C10H16N2O/c13-7-3-6-12-8-11-9-4-1-2-5-10(9)12/h8,13H,1-7H2. The van der Waals surface area contributed by atoms with Crippen molar-refractivity contribution in [1.29, 1.82) is 0 Å². The number of hydrogen-bond donors (Lipinski definition) is 1. The van der Waals surface area contributed by atoms with E-state index < -0.39 is 0 Å². The molecule has 72 valence electrons. The van der Waals surface area contributed by atoms with Crippen molar-refractivity contribution in [3.05, 3.63) is 17.7 Å². The van der Waals surface area contributed by atoms with Crippen LogP contribution in [-0.4, -0.2) is 21.3 Å². The second kappa shape index (κ2) is 3.92. The molecule has 0 fully saturated rings. The van der Waals surface area contributed by atoms with E-state index in [0.717, 1.165) is 19.4 Å². The quantitative estimate of drug-likeness (QED) is 0.757. The van der Waals surface area contributed by atoms with Crippen LogP contribution in [0.25, 0.3) is 0 Å². The summed E-state index contributed by atoms with van der Waals surface area (Å²) in [5.74, 6) is 0. The van der Waals surface area contributed by atoms with Crippen LogP contribution in [-0.2, 0) is 19.4 Å². The summed E-state index contributed by atoms with van der Waals surface area (Å²) in [7, 11) is 0. The number of aliphatic hydroxyl groups is 1. The Morgan fingerprint density at radius 1 is 1.38 bits per heavy atom. The fourth-order valence-corrected chi connectivity index (χ4v) is 1.96. The summed E-state index contributed by atoms with van der Waals surface area (Å²) >= 11 is 0. The minimum atomic E-state index is 0.271. The Balaban J connectivity index is 2.12. The fourth-order valence-electron chi connectivity index (χ4n) is 1.96. The monoisotopic (exact) mass is 180 g/mol. The summed E-state index contributed by atoms with van der Waals surface area (Å²) in [6, 6.07) is 0. The fraction of sp³-hybridized carbons (Fsp3) is 0.700. The van der Waals surface area contributed by atoms with E-state index in [1.807, 2.05) is 6.33 Å². The van der Waals surface area contributed by atoms with Gasteiger partial charge in [0.25, 0.3) is 0 Å². The number of aromatic nitrogens is 2. The summed E-state index contributed by atoms with van der Waals surface area (Å²) in [6.45, 7) is 1.19. The molecule has 0 saturated heterocycles. The Hall–Kier alpha value is -0.830. The van der Waals surface area contributed by atoms with Crippen molar-refractivity contribution in [2.45, 2.75) is 38.6 Å². The Labute approximate surface area is 78.4 Å². The van der Waals surface area contributed by atoms with Crippen molar-refractivity contribution in [2.24, 2.45) is 0 Å². The lowest BCUT2D eigenvalue weighted by Crippen LogP contribution is -2.08. The Kier molecular flexibility index (Phi) is 2.64. The smallest absolute Gasteiger partial charge is 0.0951 e. The van der Waals surface area contributed by atoms with Crippen LogP contribution < -0.4 is 0 Å². The van der Waals surface area contributed by atoms with E-state index in [-0.39, 0.29) is 6.61 Å². The predicted molar refractivity (Wildman–Crippen MR) is 50.6 cm³/mol. The highest BCUT2D eigenvalue weighted by Crippen LogP contribution is 2.19. The third kappa shape index (κ3) is 1.75. The van der Waals surface area contributed by atoms with Crippen LogP contribution in [0.3, 0.4) is 0 Å². The van der Waals surface area contributed by atoms with E-state index in [1.165, 1.54) is 30.7 Å². The van der Waals surface area contributed by atoms with Crippen molar-refractivity contribution in [1.82, 2.24) is 9.55 Å². The number of hydrogen-bond acceptors (Lipinski definition) is 2. The Bertz CT molecular complexity index is 280. The predicted octanol–water partition coefficient (Wildman–Crippen LogP) is 1.14. The van der Waals surface area contributed by atoms with Crippen molar-refractivity contribution < 1.29 is 5.11 Å². The lowest BCUT2D eigenvalue weighted by molar-refractivity contribution is 0.279. The van der Waals surface area contributed by atoms with Gasteiger partial charge in [-0.25, -0.2) is 4.98 Å². The van der Waals surface area contributed by atoms with Crippen LogP contribution in [0.5, 0.6) is 0 Å². The zero-order chi connectivity index (χ0) is 9.10. The van der Waals surface area contributed by atoms with E-state index in [4.69, 9.17) is 5.11 Å². The van der Waals surface area contributed by atoms with Crippen LogP contribution in [0.4, 0.5) is 0 Å². The molecule has 0 unspecified atom stereocenters. The number of fused-ring (bicyclic) bond motifs is 1. The molecule has 0 amide bonds. The average Bonchev–Trinajstić information content (AvgIpc) is 2.58. The van der Waals surface area contributed by atoms with Crippen LogP contribution in [0, 0.1) is 0 Å². The summed E-state index contributed by atoms with van der Waals surface area (Å²) in [4.78, 5) is 4.39. The molecule has 1 aliphatic rings. The molecule has 2 rings (SSSR count). The molecule has 0 radical (unpaired) electrons. The van der Waals surface area contributed by atoms with Gasteiger partial charge in [-0.2, -0.15) is 0 Å². The van der Waals surface area contributed by atoms with Gasteiger partial charge in [-0.1, -0.05) is 0 Å². The van der Waals surface area contributed by atoms with Crippen molar-refractivity contribution in [3.8, 4) is 0 Å². The molecule has 1 aromatic heterocycles. The molecule has 0 saturated carbocycles. The molecule has 0 spiro atoms. The SMILES string of the molecule is OCCCn1cnc2c1CCCC2. The molecule has 0 bridgehead atoms. The maximum absolute atomic E-state index is 8.74. The van der Waals surface area contributed by atoms with Gasteiger partial charge in [0.05, 0.1) is 12.0 Å². The van der Waals surface area contributed by atoms with Gasteiger partial charge in [0, 0.05) is 18.8 Å². The zero-order valence-electron chi connectivity index (χ0n) is 7.87. The molecule has 1 aromatic rings. The van der Waals surface area contributed by atoms with Gasteiger partial charge >= 0.3 is 0 Å². The number of imidazole rings is 1. The van der Waals surface area contributed by atoms with E-state index in [1.54, 1.807) is 0 Å². The highest BCUT2D eigenvalue weighted by Gasteiger charge is 2.14. The third-order valence-electron chi connectivity index (χ3n) is 2.67. The lowest BCUT2D eigenvalue weighted by Gasteiger charge is -2.13.